The van der Waals surface area contributed by atoms with Crippen molar-refractivity contribution in [3.8, 4) is 17.1 Å². The Kier molecular flexibility index (Phi) is 5.26. The second kappa shape index (κ2) is 7.77. The summed E-state index contributed by atoms with van der Waals surface area (Å²) >= 11 is 6.08. The second-order valence-electron chi connectivity index (χ2n) is 5.35. The number of amides is 1. The highest BCUT2D eigenvalue weighted by atomic mass is 35.5. The van der Waals surface area contributed by atoms with Gasteiger partial charge in [-0.05, 0) is 29.8 Å². The van der Waals surface area contributed by atoms with Crippen molar-refractivity contribution >= 4 is 23.2 Å². The lowest BCUT2D eigenvalue weighted by molar-refractivity contribution is -0.115. The third-order valence-electron chi connectivity index (χ3n) is 3.62. The molecule has 3 rings (SSSR count). The minimum absolute atomic E-state index is 0.120. The number of aromatic nitrogens is 2. The number of halogens is 1. The molecule has 6 heteroatoms. The average molecular weight is 354 g/mol. The second-order valence-corrected chi connectivity index (χ2v) is 5.76. The van der Waals surface area contributed by atoms with Gasteiger partial charge in [0.05, 0.1) is 19.2 Å². The fraction of sp³-hybridized carbons (Fsp3) is 0.105. The van der Waals surface area contributed by atoms with E-state index in [4.69, 9.17) is 16.3 Å². The van der Waals surface area contributed by atoms with Crippen molar-refractivity contribution in [3.05, 3.63) is 71.2 Å². The van der Waals surface area contributed by atoms with Gasteiger partial charge in [-0.2, -0.15) is 0 Å². The lowest BCUT2D eigenvalue weighted by atomic mass is 10.1. The largest absolute Gasteiger partial charge is 0.480 e. The Morgan fingerprint density at radius 3 is 2.44 bits per heavy atom. The summed E-state index contributed by atoms with van der Waals surface area (Å²) in [4.78, 5) is 12.2. The first-order valence-corrected chi connectivity index (χ1v) is 8.05. The van der Waals surface area contributed by atoms with Gasteiger partial charge in [-0.25, -0.2) is 0 Å². The van der Waals surface area contributed by atoms with Crippen molar-refractivity contribution < 1.29 is 9.53 Å². The first-order chi connectivity index (χ1) is 12.2. The summed E-state index contributed by atoms with van der Waals surface area (Å²) in [6.45, 7) is 0. The molecule has 2 aromatic carbocycles. The van der Waals surface area contributed by atoms with E-state index in [9.17, 15) is 4.79 Å². The zero-order valence-corrected chi connectivity index (χ0v) is 14.3. The molecule has 3 aromatic rings. The van der Waals surface area contributed by atoms with Gasteiger partial charge in [-0.1, -0.05) is 41.9 Å². The molecule has 1 aromatic heterocycles. The maximum Gasteiger partial charge on any atom is 0.233 e. The van der Waals surface area contributed by atoms with Gasteiger partial charge in [0.15, 0.2) is 0 Å². The monoisotopic (exact) mass is 353 g/mol. The fourth-order valence-electron chi connectivity index (χ4n) is 2.33. The van der Waals surface area contributed by atoms with Gasteiger partial charge in [-0.3, -0.25) is 4.79 Å². The number of nitrogens with zero attached hydrogens (tertiary/aromatic N) is 2. The predicted molar refractivity (Wildman–Crippen MR) is 97.8 cm³/mol. The Morgan fingerprint density at radius 1 is 1.04 bits per heavy atom. The van der Waals surface area contributed by atoms with E-state index in [1.807, 2.05) is 48.5 Å². The van der Waals surface area contributed by atoms with Crippen LogP contribution in [-0.2, 0) is 11.2 Å². The number of ether oxygens (including phenoxy) is 1. The number of carbonyl (C=O) groups is 1. The van der Waals surface area contributed by atoms with E-state index in [0.29, 0.717) is 16.6 Å². The Morgan fingerprint density at radius 2 is 1.80 bits per heavy atom. The lowest BCUT2D eigenvalue weighted by Gasteiger charge is -2.07. The van der Waals surface area contributed by atoms with Gasteiger partial charge in [0, 0.05) is 22.3 Å². The van der Waals surface area contributed by atoms with Crippen LogP contribution in [0.3, 0.4) is 0 Å². The number of rotatable bonds is 5. The van der Waals surface area contributed by atoms with E-state index in [2.05, 4.69) is 15.5 Å². The van der Waals surface area contributed by atoms with Gasteiger partial charge in [-0.15, -0.1) is 10.2 Å². The number of methoxy groups -OCH3 is 1. The van der Waals surface area contributed by atoms with Crippen molar-refractivity contribution in [1.29, 1.82) is 0 Å². The number of nitrogens with one attached hydrogen (secondary N) is 1. The Hall–Kier alpha value is -2.92. The standard InChI is InChI=1S/C19H16ClN3O2/c1-25-19-11-10-17(22-23-19)13-6-8-15(9-7-13)21-18(24)12-14-4-2-3-5-16(14)20/h2-11H,12H2,1H3,(H,21,24). The van der Waals surface area contributed by atoms with Gasteiger partial charge < -0.3 is 10.1 Å². The van der Waals surface area contributed by atoms with E-state index in [-0.39, 0.29) is 12.3 Å². The van der Waals surface area contributed by atoms with Crippen molar-refractivity contribution in [1.82, 2.24) is 10.2 Å². The van der Waals surface area contributed by atoms with Crippen molar-refractivity contribution in [2.75, 3.05) is 12.4 Å². The van der Waals surface area contributed by atoms with Gasteiger partial charge in [0.1, 0.15) is 0 Å². The normalized spacial score (nSPS) is 10.3. The molecule has 5 nitrogen and oxygen atoms in total. The molecule has 0 bridgehead atoms. The van der Waals surface area contributed by atoms with Crippen LogP contribution in [0.5, 0.6) is 5.88 Å². The molecule has 126 valence electrons. The third kappa shape index (κ3) is 4.33. The maximum absolute atomic E-state index is 12.2. The molecule has 0 saturated heterocycles. The molecule has 0 aliphatic carbocycles. The smallest absolute Gasteiger partial charge is 0.233 e. The summed E-state index contributed by atoms with van der Waals surface area (Å²) in [6.07, 6.45) is 0.228. The SMILES string of the molecule is COc1ccc(-c2ccc(NC(=O)Cc3ccccc3Cl)cc2)nn1. The molecule has 1 amide bonds. The summed E-state index contributed by atoms with van der Waals surface area (Å²) in [6, 6.07) is 18.3. The van der Waals surface area contributed by atoms with Crippen molar-refractivity contribution in [2.24, 2.45) is 0 Å². The summed E-state index contributed by atoms with van der Waals surface area (Å²) in [5.41, 5.74) is 3.14. The van der Waals surface area contributed by atoms with Crippen LogP contribution >= 0.6 is 11.6 Å². The summed E-state index contributed by atoms with van der Waals surface area (Å²) in [5, 5.41) is 11.5. The van der Waals surface area contributed by atoms with Crippen molar-refractivity contribution in [2.45, 2.75) is 6.42 Å². The molecule has 0 aliphatic rings. The van der Waals surface area contributed by atoms with E-state index in [1.54, 1.807) is 19.2 Å². The zero-order chi connectivity index (χ0) is 17.6. The summed E-state index contributed by atoms with van der Waals surface area (Å²) in [5.74, 6) is 0.345. The van der Waals surface area contributed by atoms with E-state index in [1.165, 1.54) is 0 Å². The number of hydrogen-bond donors (Lipinski definition) is 1. The van der Waals surface area contributed by atoms with Crippen LogP contribution in [-0.4, -0.2) is 23.2 Å². The fourth-order valence-corrected chi connectivity index (χ4v) is 2.53. The highest BCUT2D eigenvalue weighted by Crippen LogP contribution is 2.21. The maximum atomic E-state index is 12.2. The van der Waals surface area contributed by atoms with Crippen LogP contribution < -0.4 is 10.1 Å². The Balaban J connectivity index is 1.65. The molecule has 1 heterocycles. The summed E-state index contributed by atoms with van der Waals surface area (Å²) in [7, 11) is 1.55. The third-order valence-corrected chi connectivity index (χ3v) is 3.99. The molecular formula is C19H16ClN3O2. The lowest BCUT2D eigenvalue weighted by Crippen LogP contribution is -2.14. The average Bonchev–Trinajstić information content (AvgIpc) is 2.64. The van der Waals surface area contributed by atoms with E-state index >= 15 is 0 Å². The van der Waals surface area contributed by atoms with Crippen LogP contribution in [0.4, 0.5) is 5.69 Å². The van der Waals surface area contributed by atoms with Crippen LogP contribution in [0, 0.1) is 0 Å². The zero-order valence-electron chi connectivity index (χ0n) is 13.6. The predicted octanol–water partition coefficient (Wildman–Crippen LogP) is 3.99. The molecule has 0 fully saturated rings. The first-order valence-electron chi connectivity index (χ1n) is 7.67. The number of benzene rings is 2. The quantitative estimate of drug-likeness (QED) is 0.753. The molecule has 0 radical (unpaired) electrons. The molecule has 0 aliphatic heterocycles. The van der Waals surface area contributed by atoms with Gasteiger partial charge >= 0.3 is 0 Å². The van der Waals surface area contributed by atoms with Crippen LogP contribution in [0.25, 0.3) is 11.3 Å². The van der Waals surface area contributed by atoms with Crippen LogP contribution in [0.1, 0.15) is 5.56 Å². The minimum Gasteiger partial charge on any atom is -0.480 e. The number of hydrogen-bond acceptors (Lipinski definition) is 4. The summed E-state index contributed by atoms with van der Waals surface area (Å²) < 4.78 is 4.99. The minimum atomic E-state index is -0.120. The first kappa shape index (κ1) is 16.9. The molecule has 1 N–H and O–H groups in total. The van der Waals surface area contributed by atoms with Crippen LogP contribution in [0.2, 0.25) is 5.02 Å². The van der Waals surface area contributed by atoms with Crippen LogP contribution in [0.15, 0.2) is 60.7 Å². The molecule has 0 unspecified atom stereocenters. The molecule has 0 saturated carbocycles. The van der Waals surface area contributed by atoms with E-state index in [0.717, 1.165) is 16.8 Å². The topological polar surface area (TPSA) is 64.1 Å². The number of anilines is 1. The molecule has 0 spiro atoms. The highest BCUT2D eigenvalue weighted by molar-refractivity contribution is 6.31. The molecule has 25 heavy (non-hydrogen) atoms. The Labute approximate surface area is 150 Å². The Bertz CT molecular complexity index is 865. The van der Waals surface area contributed by atoms with Gasteiger partial charge in [0.25, 0.3) is 0 Å². The molecule has 0 atom stereocenters. The van der Waals surface area contributed by atoms with Crippen molar-refractivity contribution in [3.63, 3.8) is 0 Å². The molecular weight excluding hydrogens is 338 g/mol. The highest BCUT2D eigenvalue weighted by Gasteiger charge is 2.08. The van der Waals surface area contributed by atoms with E-state index < -0.39 is 0 Å². The number of carbonyl (C=O) groups excluding carboxylic acids is 1. The van der Waals surface area contributed by atoms with Gasteiger partial charge in [0.2, 0.25) is 11.8 Å².